The highest BCUT2D eigenvalue weighted by atomic mass is 16.5. The van der Waals surface area contributed by atoms with Gasteiger partial charge < -0.3 is 19.4 Å². The van der Waals surface area contributed by atoms with Crippen molar-refractivity contribution < 1.29 is 9.53 Å². The Labute approximate surface area is 117 Å². The molecule has 0 aromatic carbocycles. The fraction of sp³-hybridized carbons (Fsp3) is 0.786. The van der Waals surface area contributed by atoms with Crippen LogP contribution >= 0.6 is 0 Å². The van der Waals surface area contributed by atoms with E-state index in [9.17, 15) is 4.79 Å². The number of carbonyl (C=O) groups excluding carboxylic acids is 1. The lowest BCUT2D eigenvalue weighted by atomic mass is 10.4. The molecule has 0 amide bonds. The largest absolute Gasteiger partial charge is 0.461 e. The topological polar surface area (TPSA) is 36.0 Å². The van der Waals surface area contributed by atoms with E-state index >= 15 is 0 Å². The van der Waals surface area contributed by atoms with E-state index < -0.39 is 0 Å². The van der Waals surface area contributed by atoms with Gasteiger partial charge in [-0.2, -0.15) is 0 Å². The SMILES string of the molecule is C=CC(=O)OCCN(C)CCN(C)CCN(C)CC. The molecule has 0 spiro atoms. The molecular formula is C14H29N3O2. The highest BCUT2D eigenvalue weighted by Gasteiger charge is 2.04. The van der Waals surface area contributed by atoms with Crippen molar-refractivity contribution >= 4 is 5.97 Å². The van der Waals surface area contributed by atoms with Gasteiger partial charge in [-0.25, -0.2) is 4.79 Å². The molecule has 0 saturated carbocycles. The highest BCUT2D eigenvalue weighted by molar-refractivity contribution is 5.81. The quantitative estimate of drug-likeness (QED) is 0.405. The molecule has 0 saturated heterocycles. The number of hydrogen-bond donors (Lipinski definition) is 0. The van der Waals surface area contributed by atoms with Gasteiger partial charge >= 0.3 is 5.97 Å². The van der Waals surface area contributed by atoms with Crippen molar-refractivity contribution in [1.29, 1.82) is 0 Å². The van der Waals surface area contributed by atoms with Crippen LogP contribution in [-0.2, 0) is 9.53 Å². The summed E-state index contributed by atoms with van der Waals surface area (Å²) in [6.45, 7) is 11.9. The third-order valence-electron chi connectivity index (χ3n) is 3.15. The van der Waals surface area contributed by atoms with Crippen molar-refractivity contribution in [1.82, 2.24) is 14.7 Å². The molecule has 5 nitrogen and oxygen atoms in total. The lowest BCUT2D eigenvalue weighted by Gasteiger charge is -2.23. The van der Waals surface area contributed by atoms with Crippen molar-refractivity contribution in [2.24, 2.45) is 0 Å². The summed E-state index contributed by atoms with van der Waals surface area (Å²) in [7, 11) is 6.30. The standard InChI is InChI=1S/C14H29N3O2/c1-6-14(18)19-13-12-17(5)11-10-16(4)9-8-15(3)7-2/h6H,1,7-13H2,2-5H3. The molecule has 0 fully saturated rings. The van der Waals surface area contributed by atoms with Crippen LogP contribution in [0.25, 0.3) is 0 Å². The van der Waals surface area contributed by atoms with Gasteiger partial charge in [0, 0.05) is 38.8 Å². The number of hydrogen-bond acceptors (Lipinski definition) is 5. The van der Waals surface area contributed by atoms with Gasteiger partial charge in [0.05, 0.1) is 0 Å². The summed E-state index contributed by atoms with van der Waals surface area (Å²) in [6, 6.07) is 0. The minimum atomic E-state index is -0.354. The van der Waals surface area contributed by atoms with Crippen LogP contribution in [0.15, 0.2) is 12.7 Å². The van der Waals surface area contributed by atoms with Gasteiger partial charge in [0.1, 0.15) is 6.61 Å². The molecule has 0 aliphatic rings. The maximum Gasteiger partial charge on any atom is 0.330 e. The lowest BCUT2D eigenvalue weighted by molar-refractivity contribution is -0.138. The van der Waals surface area contributed by atoms with Crippen LogP contribution in [0.2, 0.25) is 0 Å². The van der Waals surface area contributed by atoms with Crippen LogP contribution in [-0.4, -0.2) is 87.7 Å². The lowest BCUT2D eigenvalue weighted by Crippen LogP contribution is -2.36. The second kappa shape index (κ2) is 11.0. The third kappa shape index (κ3) is 10.7. The van der Waals surface area contributed by atoms with Crippen molar-refractivity contribution in [2.45, 2.75) is 6.92 Å². The fourth-order valence-corrected chi connectivity index (χ4v) is 1.43. The summed E-state index contributed by atoms with van der Waals surface area (Å²) in [5.74, 6) is -0.354. The molecule has 0 rings (SSSR count). The molecule has 0 aromatic rings. The van der Waals surface area contributed by atoms with Gasteiger partial charge in [-0.15, -0.1) is 0 Å². The molecule has 0 aliphatic heterocycles. The second-order valence-corrected chi connectivity index (χ2v) is 4.87. The van der Waals surface area contributed by atoms with Crippen molar-refractivity contribution in [3.05, 3.63) is 12.7 Å². The predicted octanol–water partition coefficient (Wildman–Crippen LogP) is 0.531. The Morgan fingerprint density at radius 3 is 1.95 bits per heavy atom. The van der Waals surface area contributed by atoms with E-state index in [0.717, 1.165) is 39.3 Å². The molecule has 112 valence electrons. The van der Waals surface area contributed by atoms with Gasteiger partial charge in [-0.1, -0.05) is 13.5 Å². The van der Waals surface area contributed by atoms with Crippen molar-refractivity contribution in [3.8, 4) is 0 Å². The first kappa shape index (κ1) is 18.1. The van der Waals surface area contributed by atoms with E-state index in [4.69, 9.17) is 4.74 Å². The van der Waals surface area contributed by atoms with Crippen LogP contribution in [0.1, 0.15) is 6.92 Å². The fourth-order valence-electron chi connectivity index (χ4n) is 1.43. The molecule has 0 N–H and O–H groups in total. The maximum atomic E-state index is 10.9. The van der Waals surface area contributed by atoms with Crippen LogP contribution in [0.3, 0.4) is 0 Å². The van der Waals surface area contributed by atoms with Gasteiger partial charge in [0.25, 0.3) is 0 Å². The number of rotatable bonds is 11. The zero-order chi connectivity index (χ0) is 14.7. The normalized spacial score (nSPS) is 11.3. The average molecular weight is 271 g/mol. The van der Waals surface area contributed by atoms with Gasteiger partial charge in [0.2, 0.25) is 0 Å². The third-order valence-corrected chi connectivity index (χ3v) is 3.15. The molecule has 0 heterocycles. The molecule has 0 radical (unpaired) electrons. The van der Waals surface area contributed by atoms with Gasteiger partial charge in [-0.05, 0) is 27.7 Å². The Balaban J connectivity index is 3.57. The second-order valence-electron chi connectivity index (χ2n) is 4.87. The zero-order valence-electron chi connectivity index (χ0n) is 12.9. The Kier molecular flexibility index (Phi) is 10.4. The van der Waals surface area contributed by atoms with Crippen LogP contribution in [0, 0.1) is 0 Å². The van der Waals surface area contributed by atoms with E-state index in [2.05, 4.69) is 42.3 Å². The van der Waals surface area contributed by atoms with Crippen LogP contribution in [0.5, 0.6) is 0 Å². The predicted molar refractivity (Wildman–Crippen MR) is 79.3 cm³/mol. The monoisotopic (exact) mass is 271 g/mol. The number of ether oxygens (including phenoxy) is 1. The van der Waals surface area contributed by atoms with E-state index in [1.165, 1.54) is 6.08 Å². The van der Waals surface area contributed by atoms with Crippen LogP contribution < -0.4 is 0 Å². The van der Waals surface area contributed by atoms with Crippen molar-refractivity contribution in [3.63, 3.8) is 0 Å². The first-order chi connectivity index (χ1) is 8.99. The van der Waals surface area contributed by atoms with E-state index in [0.29, 0.717) is 6.61 Å². The van der Waals surface area contributed by atoms with E-state index in [1.54, 1.807) is 0 Å². The van der Waals surface area contributed by atoms with Crippen LogP contribution in [0.4, 0.5) is 0 Å². The summed E-state index contributed by atoms with van der Waals surface area (Å²) in [5, 5.41) is 0. The first-order valence-corrected chi connectivity index (χ1v) is 6.84. The number of esters is 1. The Morgan fingerprint density at radius 2 is 1.47 bits per heavy atom. The Hall–Kier alpha value is -0.910. The Bertz CT molecular complexity index is 259. The van der Waals surface area contributed by atoms with Crippen molar-refractivity contribution in [2.75, 3.05) is 67.0 Å². The maximum absolute atomic E-state index is 10.9. The molecule has 0 aliphatic carbocycles. The summed E-state index contributed by atoms with van der Waals surface area (Å²) in [5.41, 5.74) is 0. The van der Waals surface area contributed by atoms with Gasteiger partial charge in [-0.3, -0.25) is 0 Å². The molecule has 19 heavy (non-hydrogen) atoms. The molecular weight excluding hydrogens is 242 g/mol. The molecule has 0 unspecified atom stereocenters. The molecule has 5 heteroatoms. The minimum absolute atomic E-state index is 0.354. The minimum Gasteiger partial charge on any atom is -0.461 e. The molecule has 0 aromatic heterocycles. The highest BCUT2D eigenvalue weighted by Crippen LogP contribution is 1.90. The van der Waals surface area contributed by atoms with E-state index in [1.807, 2.05) is 7.05 Å². The first-order valence-electron chi connectivity index (χ1n) is 6.84. The zero-order valence-corrected chi connectivity index (χ0v) is 12.9. The molecule has 0 atom stereocenters. The smallest absolute Gasteiger partial charge is 0.330 e. The van der Waals surface area contributed by atoms with E-state index in [-0.39, 0.29) is 5.97 Å². The Morgan fingerprint density at radius 1 is 1.00 bits per heavy atom. The summed E-state index contributed by atoms with van der Waals surface area (Å²) in [6.07, 6.45) is 1.19. The summed E-state index contributed by atoms with van der Waals surface area (Å²) in [4.78, 5) is 17.6. The van der Waals surface area contributed by atoms with Gasteiger partial charge in [0.15, 0.2) is 0 Å². The summed E-state index contributed by atoms with van der Waals surface area (Å²) >= 11 is 0. The average Bonchev–Trinajstić information content (AvgIpc) is 2.41. The number of likely N-dealkylation sites (N-methyl/N-ethyl adjacent to an activating group) is 3. The number of carbonyl (C=O) groups is 1. The summed E-state index contributed by atoms with van der Waals surface area (Å²) < 4.78 is 4.94. The number of nitrogens with zero attached hydrogens (tertiary/aromatic N) is 3. The molecule has 0 bridgehead atoms.